The van der Waals surface area contributed by atoms with Crippen molar-refractivity contribution in [2.75, 3.05) is 17.4 Å². The van der Waals surface area contributed by atoms with E-state index >= 15 is 0 Å². The summed E-state index contributed by atoms with van der Waals surface area (Å²) in [4.78, 5) is 12.4. The van der Waals surface area contributed by atoms with Gasteiger partial charge in [-0.25, -0.2) is 15.8 Å². The molecule has 2 aromatic heterocycles. The van der Waals surface area contributed by atoms with Gasteiger partial charge < -0.3 is 15.1 Å². The highest BCUT2D eigenvalue weighted by molar-refractivity contribution is 7.09. The maximum Gasteiger partial charge on any atom is 0.158 e. The van der Waals surface area contributed by atoms with Gasteiger partial charge in [0, 0.05) is 24.1 Å². The van der Waals surface area contributed by atoms with Crippen LogP contribution in [0, 0.1) is 0 Å². The van der Waals surface area contributed by atoms with Crippen molar-refractivity contribution >= 4 is 23.0 Å². The summed E-state index contributed by atoms with van der Waals surface area (Å²) in [6.07, 6.45) is 0. The van der Waals surface area contributed by atoms with Gasteiger partial charge in [-0.05, 0) is 25.3 Å². The Bertz CT molecular complexity index is 558. The van der Waals surface area contributed by atoms with Crippen LogP contribution in [0.3, 0.4) is 0 Å². The lowest BCUT2D eigenvalue weighted by atomic mass is 10.3. The van der Waals surface area contributed by atoms with Crippen LogP contribution in [-0.2, 0) is 17.9 Å². The van der Waals surface area contributed by atoms with Crippen LogP contribution in [0.25, 0.3) is 0 Å². The Morgan fingerprint density at radius 3 is 2.81 bits per heavy atom. The second-order valence-corrected chi connectivity index (χ2v) is 5.94. The molecule has 2 heterocycles. The summed E-state index contributed by atoms with van der Waals surface area (Å²) < 4.78 is 5.12. The predicted octanol–water partition coefficient (Wildman–Crippen LogP) is 2.39. The first-order valence-corrected chi connectivity index (χ1v) is 7.64. The van der Waals surface area contributed by atoms with Crippen molar-refractivity contribution in [3.63, 3.8) is 0 Å². The number of methoxy groups -OCH3 is 1. The van der Waals surface area contributed by atoms with Gasteiger partial charge in [-0.2, -0.15) is 0 Å². The monoisotopic (exact) mass is 307 g/mol. The molecule has 3 N–H and O–H groups in total. The Balaban J connectivity index is 2.32. The molecule has 0 saturated carbocycles. The molecule has 0 amide bonds. The summed E-state index contributed by atoms with van der Waals surface area (Å²) in [5.41, 5.74) is 2.59. The third kappa shape index (κ3) is 4.13. The number of nitrogens with two attached hydrogens (primary N) is 1. The maximum atomic E-state index is 5.50. The van der Waals surface area contributed by atoms with Crippen molar-refractivity contribution in [3.8, 4) is 0 Å². The first-order chi connectivity index (χ1) is 10.1. The van der Waals surface area contributed by atoms with E-state index in [0.717, 1.165) is 12.4 Å². The summed E-state index contributed by atoms with van der Waals surface area (Å²) in [6, 6.07) is 6.34. The molecule has 0 atom stereocenters. The van der Waals surface area contributed by atoms with Crippen molar-refractivity contribution in [3.05, 3.63) is 34.3 Å². The van der Waals surface area contributed by atoms with Crippen LogP contribution in [0.15, 0.2) is 23.6 Å². The smallest absolute Gasteiger partial charge is 0.158 e. The van der Waals surface area contributed by atoms with E-state index in [9.17, 15) is 0 Å². The standard InChI is InChI=1S/C14H21N5OS/c1-10(2)19(8-11-5-4-6-21-11)14-7-12(18-15)16-13(17-14)9-20-3/h4-7,10H,8-9,15H2,1-3H3,(H,16,17,18). The number of hydrogen-bond donors (Lipinski definition) is 2. The summed E-state index contributed by atoms with van der Waals surface area (Å²) in [7, 11) is 1.62. The number of hydrazine groups is 1. The van der Waals surface area contributed by atoms with Gasteiger partial charge in [0.1, 0.15) is 18.2 Å². The molecule has 7 heteroatoms. The summed E-state index contributed by atoms with van der Waals surface area (Å²) >= 11 is 1.74. The van der Waals surface area contributed by atoms with Gasteiger partial charge in [-0.15, -0.1) is 11.3 Å². The molecule has 0 aliphatic heterocycles. The minimum absolute atomic E-state index is 0.308. The molecule has 2 rings (SSSR count). The number of anilines is 2. The Labute approximate surface area is 128 Å². The van der Waals surface area contributed by atoms with E-state index < -0.39 is 0 Å². The van der Waals surface area contributed by atoms with Gasteiger partial charge in [0.25, 0.3) is 0 Å². The maximum absolute atomic E-state index is 5.50. The Morgan fingerprint density at radius 2 is 2.24 bits per heavy atom. The molecule has 6 nitrogen and oxygen atoms in total. The molecule has 0 spiro atoms. The summed E-state index contributed by atoms with van der Waals surface area (Å²) in [5.74, 6) is 7.54. The second-order valence-electron chi connectivity index (χ2n) is 4.91. The summed E-state index contributed by atoms with van der Waals surface area (Å²) in [5, 5.41) is 2.08. The molecule has 0 aromatic carbocycles. The molecular formula is C14H21N5OS. The second kappa shape index (κ2) is 7.35. The van der Waals surface area contributed by atoms with Crippen LogP contribution in [-0.4, -0.2) is 23.1 Å². The number of ether oxygens (including phenoxy) is 1. The fourth-order valence-electron chi connectivity index (χ4n) is 2.00. The number of nitrogens with one attached hydrogen (secondary N) is 1. The normalized spacial score (nSPS) is 10.9. The van der Waals surface area contributed by atoms with Crippen molar-refractivity contribution < 1.29 is 4.74 Å². The van der Waals surface area contributed by atoms with Gasteiger partial charge in [0.2, 0.25) is 0 Å². The summed E-state index contributed by atoms with van der Waals surface area (Å²) in [6.45, 7) is 5.44. The number of aromatic nitrogens is 2. The van der Waals surface area contributed by atoms with Crippen molar-refractivity contribution in [1.82, 2.24) is 9.97 Å². The van der Waals surface area contributed by atoms with E-state index in [-0.39, 0.29) is 0 Å². The molecule has 0 bridgehead atoms. The van der Waals surface area contributed by atoms with E-state index in [4.69, 9.17) is 10.6 Å². The largest absolute Gasteiger partial charge is 0.377 e. The molecule has 0 unspecified atom stereocenters. The molecule has 0 fully saturated rings. The van der Waals surface area contributed by atoms with Crippen LogP contribution >= 0.6 is 11.3 Å². The molecule has 21 heavy (non-hydrogen) atoms. The van der Waals surface area contributed by atoms with E-state index in [1.807, 2.05) is 6.07 Å². The topological polar surface area (TPSA) is 76.3 Å². The number of rotatable bonds is 7. The Kier molecular flexibility index (Phi) is 5.49. The minimum Gasteiger partial charge on any atom is -0.377 e. The van der Waals surface area contributed by atoms with Crippen LogP contribution in [0.4, 0.5) is 11.6 Å². The lowest BCUT2D eigenvalue weighted by Crippen LogP contribution is -2.31. The van der Waals surface area contributed by atoms with Crippen LogP contribution in [0.1, 0.15) is 24.5 Å². The molecule has 114 valence electrons. The number of nitrogens with zero attached hydrogens (tertiary/aromatic N) is 3. The highest BCUT2D eigenvalue weighted by atomic mass is 32.1. The average Bonchev–Trinajstić information content (AvgIpc) is 2.97. The van der Waals surface area contributed by atoms with E-state index in [0.29, 0.717) is 24.3 Å². The van der Waals surface area contributed by atoms with Crippen LogP contribution in [0.2, 0.25) is 0 Å². The third-order valence-corrected chi connectivity index (χ3v) is 3.87. The molecule has 0 aliphatic carbocycles. The average molecular weight is 307 g/mol. The predicted molar refractivity (Wildman–Crippen MR) is 86.2 cm³/mol. The van der Waals surface area contributed by atoms with Crippen LogP contribution in [0.5, 0.6) is 0 Å². The molecule has 0 aliphatic rings. The molecule has 0 radical (unpaired) electrons. The molecular weight excluding hydrogens is 286 g/mol. The number of thiophene rings is 1. The van der Waals surface area contributed by atoms with Crippen molar-refractivity contribution in [1.29, 1.82) is 0 Å². The van der Waals surface area contributed by atoms with Gasteiger partial charge in [-0.3, -0.25) is 0 Å². The highest BCUT2D eigenvalue weighted by Gasteiger charge is 2.15. The zero-order valence-electron chi connectivity index (χ0n) is 12.5. The molecule has 2 aromatic rings. The lowest BCUT2D eigenvalue weighted by Gasteiger charge is -2.28. The van der Waals surface area contributed by atoms with E-state index in [1.54, 1.807) is 18.4 Å². The SMILES string of the molecule is COCc1nc(NN)cc(N(Cc2cccs2)C(C)C)n1. The Morgan fingerprint density at radius 1 is 1.43 bits per heavy atom. The third-order valence-electron chi connectivity index (χ3n) is 3.00. The van der Waals surface area contributed by atoms with Gasteiger partial charge in [-0.1, -0.05) is 6.07 Å². The van der Waals surface area contributed by atoms with Gasteiger partial charge >= 0.3 is 0 Å². The highest BCUT2D eigenvalue weighted by Crippen LogP contribution is 2.22. The fraction of sp³-hybridized carbons (Fsp3) is 0.429. The first-order valence-electron chi connectivity index (χ1n) is 6.76. The zero-order valence-corrected chi connectivity index (χ0v) is 13.4. The number of nitrogen functional groups attached to an aromatic ring is 1. The van der Waals surface area contributed by atoms with Gasteiger partial charge in [0.05, 0.1) is 6.54 Å². The molecule has 0 saturated heterocycles. The first kappa shape index (κ1) is 15.7. The van der Waals surface area contributed by atoms with E-state index in [1.165, 1.54) is 4.88 Å². The fourth-order valence-corrected chi connectivity index (χ4v) is 2.70. The zero-order chi connectivity index (χ0) is 15.2. The van der Waals surface area contributed by atoms with E-state index in [2.05, 4.69) is 51.7 Å². The quantitative estimate of drug-likeness (QED) is 0.604. The van der Waals surface area contributed by atoms with Gasteiger partial charge in [0.15, 0.2) is 5.82 Å². The van der Waals surface area contributed by atoms with Crippen LogP contribution < -0.4 is 16.2 Å². The lowest BCUT2D eigenvalue weighted by molar-refractivity contribution is 0.178. The minimum atomic E-state index is 0.308. The Hall–Kier alpha value is -1.70. The number of hydrogen-bond acceptors (Lipinski definition) is 7. The van der Waals surface area contributed by atoms with Crippen molar-refractivity contribution in [2.24, 2.45) is 5.84 Å². The van der Waals surface area contributed by atoms with Crippen molar-refractivity contribution in [2.45, 2.75) is 33.0 Å².